The summed E-state index contributed by atoms with van der Waals surface area (Å²) in [4.78, 5) is 9.30. The van der Waals surface area contributed by atoms with Crippen molar-refractivity contribution in [2.45, 2.75) is 33.3 Å². The number of rotatable bonds is 5. The average molecular weight is 205 g/mol. The molecule has 0 aromatic rings. The molecule has 0 aromatic heterocycles. The Balaban J connectivity index is 4.10. The molecule has 0 radical (unpaired) electrons. The van der Waals surface area contributed by atoms with Gasteiger partial charge in [0.25, 0.3) is 0 Å². The highest BCUT2D eigenvalue weighted by Crippen LogP contribution is 2.45. The second kappa shape index (κ2) is 5.39. The first-order valence-corrected chi connectivity index (χ1v) is 6.07. The predicted molar refractivity (Wildman–Crippen MR) is 50.3 cm³/mol. The molecule has 0 aliphatic rings. The van der Waals surface area contributed by atoms with Crippen molar-refractivity contribution < 1.29 is 14.0 Å². The summed E-state index contributed by atoms with van der Waals surface area (Å²) < 4.78 is 16.3. The second-order valence-corrected chi connectivity index (χ2v) is 5.03. The van der Waals surface area contributed by atoms with Gasteiger partial charge in [-0.3, -0.25) is 4.57 Å². The molecule has 0 spiro atoms. The fourth-order valence-corrected chi connectivity index (χ4v) is 2.36. The lowest BCUT2D eigenvalue weighted by Crippen LogP contribution is -2.09. The van der Waals surface area contributed by atoms with Crippen LogP contribution in [0.15, 0.2) is 0 Å². The van der Waals surface area contributed by atoms with Gasteiger partial charge in [-0.1, -0.05) is 6.92 Å². The smallest absolute Gasteiger partial charge is 0.324 e. The Morgan fingerprint density at radius 3 is 2.54 bits per heavy atom. The van der Waals surface area contributed by atoms with Crippen molar-refractivity contribution >= 4 is 7.60 Å². The van der Waals surface area contributed by atoms with Gasteiger partial charge in [0, 0.05) is 0 Å². The van der Waals surface area contributed by atoms with Crippen LogP contribution in [0.5, 0.6) is 0 Å². The van der Waals surface area contributed by atoms with Crippen LogP contribution in [0.25, 0.3) is 0 Å². The minimum Gasteiger partial charge on any atom is -0.324 e. The summed E-state index contributed by atoms with van der Waals surface area (Å²) in [5, 5.41) is 8.45. The summed E-state index contributed by atoms with van der Waals surface area (Å²) in [5.41, 5.74) is 0. The summed E-state index contributed by atoms with van der Waals surface area (Å²) in [5.74, 6) is -0.445. The number of nitrogens with zero attached hydrogens (tertiary/aromatic N) is 1. The third-order valence-electron chi connectivity index (χ3n) is 1.64. The Hall–Kier alpha value is -0.360. The van der Waals surface area contributed by atoms with Crippen LogP contribution >= 0.6 is 7.60 Å². The average Bonchev–Trinajstić information content (AvgIpc) is 2.02. The van der Waals surface area contributed by atoms with Crippen molar-refractivity contribution in [1.82, 2.24) is 0 Å². The first-order chi connectivity index (χ1) is 5.91. The van der Waals surface area contributed by atoms with Gasteiger partial charge in [-0.25, -0.2) is 0 Å². The maximum atomic E-state index is 11.3. The lowest BCUT2D eigenvalue weighted by molar-refractivity contribution is 0.184. The highest BCUT2D eigenvalue weighted by atomic mass is 31.2. The van der Waals surface area contributed by atoms with E-state index in [9.17, 15) is 9.46 Å². The van der Waals surface area contributed by atoms with Crippen LogP contribution in [0.3, 0.4) is 0 Å². The Bertz CT molecular complexity index is 236. The van der Waals surface area contributed by atoms with E-state index in [2.05, 4.69) is 0 Å². The summed E-state index contributed by atoms with van der Waals surface area (Å²) in [6.45, 7) is 5.21. The largest absolute Gasteiger partial charge is 0.329 e. The number of nitriles is 1. The number of hydrogen-bond acceptors (Lipinski definition) is 3. The van der Waals surface area contributed by atoms with Crippen LogP contribution in [0.4, 0.5) is 0 Å². The molecule has 0 aromatic carbocycles. The molecule has 76 valence electrons. The van der Waals surface area contributed by atoms with Gasteiger partial charge in [0.1, 0.15) is 0 Å². The van der Waals surface area contributed by atoms with Gasteiger partial charge in [0.05, 0.1) is 24.3 Å². The minimum absolute atomic E-state index is 0.0894. The van der Waals surface area contributed by atoms with Crippen molar-refractivity contribution in [3.63, 3.8) is 0 Å². The van der Waals surface area contributed by atoms with Gasteiger partial charge < -0.3 is 9.42 Å². The summed E-state index contributed by atoms with van der Waals surface area (Å²) in [6.07, 6.45) is 0.362. The summed E-state index contributed by atoms with van der Waals surface area (Å²) in [6, 6.07) is 1.90. The lowest BCUT2D eigenvalue weighted by atomic mass is 10.3. The fraction of sp³-hybridized carbons (Fsp3) is 0.875. The van der Waals surface area contributed by atoms with Crippen molar-refractivity contribution in [1.29, 1.82) is 5.26 Å². The van der Waals surface area contributed by atoms with Gasteiger partial charge in [0.2, 0.25) is 0 Å². The van der Waals surface area contributed by atoms with Crippen LogP contribution in [0.1, 0.15) is 27.2 Å². The number of hydrogen-bond donors (Lipinski definition) is 1. The molecule has 0 saturated heterocycles. The highest BCUT2D eigenvalue weighted by molar-refractivity contribution is 7.52. The predicted octanol–water partition coefficient (Wildman–Crippen LogP) is 2.15. The summed E-state index contributed by atoms with van der Waals surface area (Å²) >= 11 is 0. The van der Waals surface area contributed by atoms with Crippen molar-refractivity contribution in [2.24, 2.45) is 5.92 Å². The van der Waals surface area contributed by atoms with Crippen LogP contribution in [-0.2, 0) is 9.09 Å². The van der Waals surface area contributed by atoms with Crippen LogP contribution < -0.4 is 0 Å². The minimum atomic E-state index is -3.56. The van der Waals surface area contributed by atoms with Gasteiger partial charge >= 0.3 is 7.60 Å². The molecule has 0 heterocycles. The molecule has 3 atom stereocenters. The molecule has 0 aliphatic heterocycles. The molecule has 5 heteroatoms. The Kier molecular flexibility index (Phi) is 5.24. The molecule has 0 saturated carbocycles. The van der Waals surface area contributed by atoms with E-state index in [0.29, 0.717) is 6.42 Å². The van der Waals surface area contributed by atoms with Gasteiger partial charge in [-0.2, -0.15) is 5.26 Å². The quantitative estimate of drug-likeness (QED) is 0.698. The maximum Gasteiger partial charge on any atom is 0.329 e. The zero-order chi connectivity index (χ0) is 10.5. The molecule has 0 aliphatic carbocycles. The van der Waals surface area contributed by atoms with E-state index in [1.165, 1.54) is 0 Å². The third-order valence-corrected chi connectivity index (χ3v) is 3.34. The fourth-order valence-electron chi connectivity index (χ4n) is 0.786. The SMILES string of the molecule is CCC(C)OP(=O)(O)CC(C)C#N. The second-order valence-electron chi connectivity index (χ2n) is 3.17. The monoisotopic (exact) mass is 205 g/mol. The molecular weight excluding hydrogens is 189 g/mol. The van der Waals surface area contributed by atoms with Gasteiger partial charge in [-0.15, -0.1) is 0 Å². The Labute approximate surface area is 79.1 Å². The van der Waals surface area contributed by atoms with Crippen LogP contribution in [-0.4, -0.2) is 17.2 Å². The van der Waals surface area contributed by atoms with Crippen LogP contribution in [0.2, 0.25) is 0 Å². The molecule has 13 heavy (non-hydrogen) atoms. The van der Waals surface area contributed by atoms with Crippen molar-refractivity contribution in [3.8, 4) is 6.07 Å². The summed E-state index contributed by atoms with van der Waals surface area (Å²) in [7, 11) is -3.56. The highest BCUT2D eigenvalue weighted by Gasteiger charge is 2.24. The van der Waals surface area contributed by atoms with E-state index in [0.717, 1.165) is 0 Å². The van der Waals surface area contributed by atoms with E-state index >= 15 is 0 Å². The van der Waals surface area contributed by atoms with Gasteiger partial charge in [0.15, 0.2) is 0 Å². The maximum absolute atomic E-state index is 11.3. The van der Waals surface area contributed by atoms with Crippen LogP contribution in [0, 0.1) is 17.2 Å². The van der Waals surface area contributed by atoms with Crippen molar-refractivity contribution in [3.05, 3.63) is 0 Å². The molecule has 0 amide bonds. The van der Waals surface area contributed by atoms with Crippen molar-refractivity contribution in [2.75, 3.05) is 6.16 Å². The zero-order valence-electron chi connectivity index (χ0n) is 8.23. The molecule has 4 nitrogen and oxygen atoms in total. The van der Waals surface area contributed by atoms with E-state index in [1.807, 2.05) is 13.0 Å². The topological polar surface area (TPSA) is 70.3 Å². The first-order valence-electron chi connectivity index (χ1n) is 4.31. The first kappa shape index (κ1) is 12.6. The normalized spacial score (nSPS) is 19.9. The van der Waals surface area contributed by atoms with E-state index in [1.54, 1.807) is 13.8 Å². The third kappa shape index (κ3) is 5.81. The standard InChI is InChI=1S/C8H16NO3P/c1-4-8(3)12-13(10,11)6-7(2)5-9/h7-8H,4,6H2,1-3H3,(H,10,11). The lowest BCUT2D eigenvalue weighted by Gasteiger charge is -2.17. The molecule has 0 bridgehead atoms. The van der Waals surface area contributed by atoms with E-state index in [-0.39, 0.29) is 12.3 Å². The van der Waals surface area contributed by atoms with Gasteiger partial charge in [-0.05, 0) is 20.3 Å². The zero-order valence-corrected chi connectivity index (χ0v) is 9.12. The molecule has 1 N–H and O–H groups in total. The van der Waals surface area contributed by atoms with E-state index < -0.39 is 13.5 Å². The molecular formula is C8H16NO3P. The Morgan fingerprint density at radius 2 is 2.15 bits per heavy atom. The Morgan fingerprint density at radius 1 is 1.62 bits per heavy atom. The van der Waals surface area contributed by atoms with E-state index in [4.69, 9.17) is 9.79 Å². The molecule has 0 rings (SSSR count). The molecule has 3 unspecified atom stereocenters. The molecule has 0 fully saturated rings.